The van der Waals surface area contributed by atoms with Gasteiger partial charge < -0.3 is 10.1 Å². The summed E-state index contributed by atoms with van der Waals surface area (Å²) >= 11 is 12.0. The summed E-state index contributed by atoms with van der Waals surface area (Å²) in [5.41, 5.74) is 0.757. The normalized spacial score (nSPS) is 10.8. The molecule has 2 rings (SSSR count). The minimum atomic E-state index is -0.132. The third-order valence-electron chi connectivity index (χ3n) is 3.10. The minimum Gasteiger partial charge on any atom is -0.385 e. The van der Waals surface area contributed by atoms with E-state index >= 15 is 0 Å². The minimum absolute atomic E-state index is 0.0867. The highest BCUT2D eigenvalue weighted by atomic mass is 35.5. The highest BCUT2D eigenvalue weighted by Gasteiger charge is 2.14. The molecule has 0 unspecified atom stereocenters. The SMILES string of the molecule is COCCCNC(=O)Cn1nc(C)nc1-c1ccc(Cl)c(Cl)c1. The summed E-state index contributed by atoms with van der Waals surface area (Å²) in [5, 5.41) is 7.98. The van der Waals surface area contributed by atoms with E-state index in [0.717, 1.165) is 12.0 Å². The highest BCUT2D eigenvalue weighted by molar-refractivity contribution is 6.42. The smallest absolute Gasteiger partial charge is 0.241 e. The summed E-state index contributed by atoms with van der Waals surface area (Å²) in [6, 6.07) is 5.20. The lowest BCUT2D eigenvalue weighted by Crippen LogP contribution is -2.29. The van der Waals surface area contributed by atoms with Crippen molar-refractivity contribution >= 4 is 29.1 Å². The number of aromatic nitrogens is 3. The Morgan fingerprint density at radius 2 is 2.13 bits per heavy atom. The lowest BCUT2D eigenvalue weighted by atomic mass is 10.2. The third kappa shape index (κ3) is 4.92. The molecule has 0 spiro atoms. The first kappa shape index (κ1) is 17.7. The van der Waals surface area contributed by atoms with E-state index in [2.05, 4.69) is 15.4 Å². The van der Waals surface area contributed by atoms with Crippen molar-refractivity contribution in [3.63, 3.8) is 0 Å². The molecule has 23 heavy (non-hydrogen) atoms. The van der Waals surface area contributed by atoms with Crippen LogP contribution in [0, 0.1) is 6.92 Å². The number of amides is 1. The largest absolute Gasteiger partial charge is 0.385 e. The van der Waals surface area contributed by atoms with Crippen LogP contribution in [-0.2, 0) is 16.1 Å². The predicted octanol–water partition coefficient (Wildman–Crippen LogP) is 2.71. The Morgan fingerprint density at radius 3 is 2.83 bits per heavy atom. The molecular weight excluding hydrogens is 339 g/mol. The van der Waals surface area contributed by atoms with E-state index in [1.54, 1.807) is 36.9 Å². The van der Waals surface area contributed by atoms with E-state index in [1.165, 1.54) is 0 Å². The Balaban J connectivity index is 2.11. The Hall–Kier alpha value is -1.63. The van der Waals surface area contributed by atoms with Crippen LogP contribution in [0.15, 0.2) is 18.2 Å². The van der Waals surface area contributed by atoms with E-state index in [0.29, 0.717) is 34.8 Å². The number of nitrogens with one attached hydrogen (secondary N) is 1. The van der Waals surface area contributed by atoms with Crippen LogP contribution in [0.4, 0.5) is 0 Å². The van der Waals surface area contributed by atoms with Gasteiger partial charge in [0, 0.05) is 25.8 Å². The average Bonchev–Trinajstić information content (AvgIpc) is 2.87. The van der Waals surface area contributed by atoms with Gasteiger partial charge in [-0.25, -0.2) is 9.67 Å². The van der Waals surface area contributed by atoms with Crippen molar-refractivity contribution in [3.8, 4) is 11.4 Å². The first-order valence-corrected chi connectivity index (χ1v) is 7.89. The van der Waals surface area contributed by atoms with Crippen LogP contribution < -0.4 is 5.32 Å². The third-order valence-corrected chi connectivity index (χ3v) is 3.84. The zero-order valence-corrected chi connectivity index (χ0v) is 14.5. The van der Waals surface area contributed by atoms with Gasteiger partial charge in [-0.3, -0.25) is 4.79 Å². The predicted molar refractivity (Wildman–Crippen MR) is 89.7 cm³/mol. The molecule has 6 nitrogen and oxygen atoms in total. The van der Waals surface area contributed by atoms with Gasteiger partial charge in [0.2, 0.25) is 5.91 Å². The molecule has 124 valence electrons. The number of methoxy groups -OCH3 is 1. The van der Waals surface area contributed by atoms with E-state index in [-0.39, 0.29) is 12.5 Å². The van der Waals surface area contributed by atoms with E-state index < -0.39 is 0 Å². The summed E-state index contributed by atoms with van der Waals surface area (Å²) in [5.74, 6) is 1.03. The maximum atomic E-state index is 12.0. The number of carbonyl (C=O) groups is 1. The second kappa shape index (κ2) is 8.29. The van der Waals surface area contributed by atoms with Crippen LogP contribution in [-0.4, -0.2) is 40.9 Å². The van der Waals surface area contributed by atoms with Gasteiger partial charge in [-0.05, 0) is 31.5 Å². The second-order valence-corrected chi connectivity index (χ2v) is 5.78. The molecule has 1 aromatic heterocycles. The molecule has 1 heterocycles. The molecule has 0 radical (unpaired) electrons. The van der Waals surface area contributed by atoms with Crippen molar-refractivity contribution in [1.82, 2.24) is 20.1 Å². The fraction of sp³-hybridized carbons (Fsp3) is 0.400. The summed E-state index contributed by atoms with van der Waals surface area (Å²) < 4.78 is 6.50. The number of ether oxygens (including phenoxy) is 1. The Bertz CT molecular complexity index is 688. The molecule has 1 aromatic carbocycles. The number of carbonyl (C=O) groups excluding carboxylic acids is 1. The molecule has 0 aliphatic heterocycles. The van der Waals surface area contributed by atoms with Crippen LogP contribution in [0.1, 0.15) is 12.2 Å². The van der Waals surface area contributed by atoms with Gasteiger partial charge in [0.25, 0.3) is 0 Å². The van der Waals surface area contributed by atoms with Gasteiger partial charge in [0.15, 0.2) is 5.82 Å². The molecular formula is C15H18Cl2N4O2. The van der Waals surface area contributed by atoms with Gasteiger partial charge >= 0.3 is 0 Å². The number of benzene rings is 1. The molecule has 1 N–H and O–H groups in total. The van der Waals surface area contributed by atoms with Gasteiger partial charge in [-0.1, -0.05) is 23.2 Å². The maximum Gasteiger partial charge on any atom is 0.241 e. The van der Waals surface area contributed by atoms with Crippen LogP contribution in [0.3, 0.4) is 0 Å². The quantitative estimate of drug-likeness (QED) is 0.774. The Labute approximate surface area is 144 Å². The standard InChI is InChI=1S/C15H18Cl2N4O2/c1-10-19-15(11-4-5-12(16)13(17)8-11)21(20-10)9-14(22)18-6-3-7-23-2/h4-5,8H,3,6-7,9H2,1-2H3,(H,18,22). The summed E-state index contributed by atoms with van der Waals surface area (Å²) in [6.07, 6.45) is 0.762. The molecule has 0 aliphatic carbocycles. The lowest BCUT2D eigenvalue weighted by molar-refractivity contribution is -0.121. The number of nitrogens with zero attached hydrogens (tertiary/aromatic N) is 3. The van der Waals surface area contributed by atoms with E-state index in [4.69, 9.17) is 27.9 Å². The van der Waals surface area contributed by atoms with Crippen molar-refractivity contribution < 1.29 is 9.53 Å². The van der Waals surface area contributed by atoms with Crippen molar-refractivity contribution in [2.45, 2.75) is 19.9 Å². The zero-order chi connectivity index (χ0) is 16.8. The first-order valence-electron chi connectivity index (χ1n) is 7.13. The molecule has 2 aromatic rings. The number of hydrogen-bond acceptors (Lipinski definition) is 4. The number of aryl methyl sites for hydroxylation is 1. The highest BCUT2D eigenvalue weighted by Crippen LogP contribution is 2.27. The number of rotatable bonds is 7. The van der Waals surface area contributed by atoms with Crippen LogP contribution >= 0.6 is 23.2 Å². The molecule has 0 saturated carbocycles. The molecule has 0 atom stereocenters. The summed E-state index contributed by atoms with van der Waals surface area (Å²) in [7, 11) is 1.63. The zero-order valence-electron chi connectivity index (χ0n) is 13.0. The summed E-state index contributed by atoms with van der Waals surface area (Å²) in [6.45, 7) is 3.02. The Kier molecular flexibility index (Phi) is 6.38. The average molecular weight is 357 g/mol. The van der Waals surface area contributed by atoms with Gasteiger partial charge in [-0.2, -0.15) is 5.10 Å². The molecule has 0 fully saturated rings. The van der Waals surface area contributed by atoms with Crippen LogP contribution in [0.2, 0.25) is 10.0 Å². The van der Waals surface area contributed by atoms with Gasteiger partial charge in [-0.15, -0.1) is 0 Å². The monoisotopic (exact) mass is 356 g/mol. The number of hydrogen-bond donors (Lipinski definition) is 1. The molecule has 0 bridgehead atoms. The van der Waals surface area contributed by atoms with Gasteiger partial charge in [0.1, 0.15) is 12.4 Å². The lowest BCUT2D eigenvalue weighted by Gasteiger charge is -2.08. The second-order valence-electron chi connectivity index (χ2n) is 4.97. The number of halogens is 2. The fourth-order valence-corrected chi connectivity index (χ4v) is 2.35. The Morgan fingerprint density at radius 1 is 1.35 bits per heavy atom. The molecule has 8 heteroatoms. The van der Waals surface area contributed by atoms with Crippen molar-refractivity contribution in [1.29, 1.82) is 0 Å². The maximum absolute atomic E-state index is 12.0. The van der Waals surface area contributed by atoms with Crippen LogP contribution in [0.25, 0.3) is 11.4 Å². The molecule has 0 saturated heterocycles. The fourth-order valence-electron chi connectivity index (χ4n) is 2.05. The van der Waals surface area contributed by atoms with Gasteiger partial charge in [0.05, 0.1) is 10.0 Å². The van der Waals surface area contributed by atoms with Crippen molar-refractivity contribution in [2.75, 3.05) is 20.3 Å². The van der Waals surface area contributed by atoms with Crippen molar-refractivity contribution in [2.24, 2.45) is 0 Å². The molecule has 0 aliphatic rings. The van der Waals surface area contributed by atoms with E-state index in [1.807, 2.05) is 0 Å². The van der Waals surface area contributed by atoms with Crippen molar-refractivity contribution in [3.05, 3.63) is 34.1 Å². The first-order chi connectivity index (χ1) is 11.0. The van der Waals surface area contributed by atoms with Crippen LogP contribution in [0.5, 0.6) is 0 Å². The van der Waals surface area contributed by atoms with E-state index in [9.17, 15) is 4.79 Å². The molecule has 1 amide bonds. The summed E-state index contributed by atoms with van der Waals surface area (Å²) in [4.78, 5) is 16.4. The topological polar surface area (TPSA) is 69.0 Å².